The van der Waals surface area contributed by atoms with Crippen molar-refractivity contribution in [2.45, 2.75) is 38.3 Å². The topological polar surface area (TPSA) is 28.4 Å². The monoisotopic (exact) mass is 440 g/mol. The van der Waals surface area contributed by atoms with Crippen molar-refractivity contribution in [3.63, 3.8) is 0 Å². The van der Waals surface area contributed by atoms with E-state index in [4.69, 9.17) is 0 Å². The number of rotatable bonds is 5. The van der Waals surface area contributed by atoms with E-state index in [1.165, 1.54) is 25.0 Å². The zero-order valence-electron chi connectivity index (χ0n) is 17.9. The number of hydrogen-bond donors (Lipinski definition) is 1. The molecule has 1 N–H and O–H groups in total. The summed E-state index contributed by atoms with van der Waals surface area (Å²) in [6, 6.07) is 12.1. The third-order valence-corrected chi connectivity index (χ3v) is 7.02. The standard InChI is InChI=1S/C26H27F3N2O/c1-17(32)20-14-30(15-20)22-7-4-8-23(13-22)31-16-19(11-18-5-2-3-6-18)24-12-21(26(27,28)29)9-10-25(24)31/h4,7-10,12-13,16,18,20,32H,1-3,5-6,11,14-15H2. The van der Waals surface area contributed by atoms with Crippen LogP contribution in [0.3, 0.4) is 0 Å². The molecule has 0 amide bonds. The molecular weight excluding hydrogens is 413 g/mol. The average Bonchev–Trinajstić information content (AvgIpc) is 3.34. The predicted octanol–water partition coefficient (Wildman–Crippen LogP) is 6.89. The Morgan fingerprint density at radius 2 is 1.75 bits per heavy atom. The summed E-state index contributed by atoms with van der Waals surface area (Å²) in [5.41, 5.74) is 3.15. The van der Waals surface area contributed by atoms with Crippen molar-refractivity contribution < 1.29 is 18.3 Å². The molecule has 3 aromatic rings. The van der Waals surface area contributed by atoms with Gasteiger partial charge in [-0.15, -0.1) is 0 Å². The number of halogens is 3. The van der Waals surface area contributed by atoms with Crippen LogP contribution < -0.4 is 4.90 Å². The number of nitrogens with zero attached hydrogens (tertiary/aromatic N) is 2. The molecular formula is C26H27F3N2O. The van der Waals surface area contributed by atoms with Crippen LogP contribution in [0.15, 0.2) is 61.0 Å². The molecule has 2 aromatic carbocycles. The SMILES string of the molecule is C=C(O)C1CN(c2cccc(-n3cc(CC4CCCC4)c4cc(C(F)(F)F)ccc43)c2)C1. The molecule has 2 fully saturated rings. The van der Waals surface area contributed by atoms with E-state index in [9.17, 15) is 18.3 Å². The van der Waals surface area contributed by atoms with E-state index in [2.05, 4.69) is 17.5 Å². The molecule has 2 heterocycles. The molecule has 1 aromatic heterocycles. The summed E-state index contributed by atoms with van der Waals surface area (Å²) in [7, 11) is 0. The molecule has 5 rings (SSSR count). The molecule has 1 saturated heterocycles. The van der Waals surface area contributed by atoms with E-state index in [0.717, 1.165) is 41.7 Å². The van der Waals surface area contributed by atoms with Crippen molar-refractivity contribution >= 4 is 16.6 Å². The first-order valence-corrected chi connectivity index (χ1v) is 11.2. The van der Waals surface area contributed by atoms with Gasteiger partial charge in [0.2, 0.25) is 0 Å². The highest BCUT2D eigenvalue weighted by molar-refractivity contribution is 5.86. The van der Waals surface area contributed by atoms with E-state index < -0.39 is 11.7 Å². The molecule has 0 bridgehead atoms. The number of hydrogen-bond acceptors (Lipinski definition) is 2. The molecule has 0 unspecified atom stereocenters. The second-order valence-electron chi connectivity index (χ2n) is 9.22. The first kappa shape index (κ1) is 21.0. The Balaban J connectivity index is 1.53. The van der Waals surface area contributed by atoms with Gasteiger partial charge in [0, 0.05) is 36.0 Å². The summed E-state index contributed by atoms with van der Waals surface area (Å²) in [6.07, 6.45) is 3.19. The maximum Gasteiger partial charge on any atom is 0.416 e. The molecule has 0 atom stereocenters. The van der Waals surface area contributed by atoms with Crippen molar-refractivity contribution in [3.8, 4) is 5.69 Å². The van der Waals surface area contributed by atoms with Gasteiger partial charge in [-0.2, -0.15) is 13.2 Å². The first-order chi connectivity index (χ1) is 15.3. The lowest BCUT2D eigenvalue weighted by atomic mass is 9.97. The van der Waals surface area contributed by atoms with Crippen LogP contribution in [-0.4, -0.2) is 22.8 Å². The third-order valence-electron chi connectivity index (χ3n) is 7.02. The zero-order chi connectivity index (χ0) is 22.5. The maximum absolute atomic E-state index is 13.4. The highest BCUT2D eigenvalue weighted by Crippen LogP contribution is 2.37. The van der Waals surface area contributed by atoms with Crippen molar-refractivity contribution in [1.29, 1.82) is 0 Å². The van der Waals surface area contributed by atoms with Gasteiger partial charge >= 0.3 is 6.18 Å². The van der Waals surface area contributed by atoms with Gasteiger partial charge < -0.3 is 14.6 Å². The summed E-state index contributed by atoms with van der Waals surface area (Å²) in [6.45, 7) is 5.05. The molecule has 1 saturated carbocycles. The third kappa shape index (κ3) is 3.87. The molecule has 1 aliphatic heterocycles. The van der Waals surface area contributed by atoms with E-state index in [1.807, 2.05) is 29.0 Å². The minimum Gasteiger partial charge on any atom is -0.513 e. The van der Waals surface area contributed by atoms with Crippen LogP contribution in [0.1, 0.15) is 36.8 Å². The Hall–Kier alpha value is -2.89. The second-order valence-corrected chi connectivity index (χ2v) is 9.22. The maximum atomic E-state index is 13.4. The van der Waals surface area contributed by atoms with Gasteiger partial charge in [0.05, 0.1) is 22.8 Å². The van der Waals surface area contributed by atoms with Gasteiger partial charge in [-0.3, -0.25) is 0 Å². The van der Waals surface area contributed by atoms with Crippen LogP contribution in [0.2, 0.25) is 0 Å². The number of aliphatic hydroxyl groups excluding tert-OH is 1. The van der Waals surface area contributed by atoms with Crippen molar-refractivity contribution in [2.24, 2.45) is 11.8 Å². The molecule has 1 aliphatic carbocycles. The molecule has 6 heteroatoms. The number of aliphatic hydroxyl groups is 1. The van der Waals surface area contributed by atoms with Gasteiger partial charge in [0.1, 0.15) is 0 Å². The second kappa shape index (κ2) is 7.91. The Morgan fingerprint density at radius 3 is 2.44 bits per heavy atom. The fraction of sp³-hybridized carbons (Fsp3) is 0.385. The molecule has 0 radical (unpaired) electrons. The molecule has 0 spiro atoms. The zero-order valence-corrected chi connectivity index (χ0v) is 17.9. The average molecular weight is 441 g/mol. The summed E-state index contributed by atoms with van der Waals surface area (Å²) in [4.78, 5) is 2.17. The van der Waals surface area contributed by atoms with Crippen LogP contribution in [0, 0.1) is 11.8 Å². The molecule has 32 heavy (non-hydrogen) atoms. The highest BCUT2D eigenvalue weighted by Gasteiger charge is 2.32. The van der Waals surface area contributed by atoms with E-state index in [1.54, 1.807) is 6.07 Å². The summed E-state index contributed by atoms with van der Waals surface area (Å²) in [5, 5.41) is 10.3. The summed E-state index contributed by atoms with van der Waals surface area (Å²) in [5.74, 6) is 0.843. The smallest absolute Gasteiger partial charge is 0.416 e. The Bertz CT molecular complexity index is 1150. The van der Waals surface area contributed by atoms with Crippen LogP contribution >= 0.6 is 0 Å². The Labute approximate surface area is 185 Å². The molecule has 3 nitrogen and oxygen atoms in total. The number of anilines is 1. The van der Waals surface area contributed by atoms with E-state index >= 15 is 0 Å². The largest absolute Gasteiger partial charge is 0.513 e. The van der Waals surface area contributed by atoms with E-state index in [0.29, 0.717) is 24.4 Å². The van der Waals surface area contributed by atoms with E-state index in [-0.39, 0.29) is 11.7 Å². The predicted molar refractivity (Wildman–Crippen MR) is 121 cm³/mol. The summed E-state index contributed by atoms with van der Waals surface area (Å²) < 4.78 is 42.3. The van der Waals surface area contributed by atoms with Crippen molar-refractivity contribution in [1.82, 2.24) is 4.57 Å². The fourth-order valence-corrected chi connectivity index (χ4v) is 5.12. The highest BCUT2D eigenvalue weighted by atomic mass is 19.4. The number of fused-ring (bicyclic) bond motifs is 1. The van der Waals surface area contributed by atoms with Crippen molar-refractivity contribution in [2.75, 3.05) is 18.0 Å². The lowest BCUT2D eigenvalue weighted by Crippen LogP contribution is -2.47. The van der Waals surface area contributed by atoms with Gasteiger partial charge in [-0.05, 0) is 54.3 Å². The Kier molecular flexibility index (Phi) is 5.19. The lowest BCUT2D eigenvalue weighted by Gasteiger charge is -2.40. The van der Waals surface area contributed by atoms with Crippen LogP contribution in [0.5, 0.6) is 0 Å². The molecule has 2 aliphatic rings. The minimum absolute atomic E-state index is 0.0878. The number of benzene rings is 2. The fourth-order valence-electron chi connectivity index (χ4n) is 5.12. The number of aromatic nitrogens is 1. The van der Waals surface area contributed by atoms with Gasteiger partial charge in [-0.1, -0.05) is 38.3 Å². The van der Waals surface area contributed by atoms with Crippen LogP contribution in [0.25, 0.3) is 16.6 Å². The summed E-state index contributed by atoms with van der Waals surface area (Å²) >= 11 is 0. The van der Waals surface area contributed by atoms with Crippen LogP contribution in [0.4, 0.5) is 18.9 Å². The normalized spacial score (nSPS) is 17.8. The van der Waals surface area contributed by atoms with Gasteiger partial charge in [0.15, 0.2) is 0 Å². The Morgan fingerprint density at radius 1 is 1.03 bits per heavy atom. The lowest BCUT2D eigenvalue weighted by molar-refractivity contribution is -0.137. The van der Waals surface area contributed by atoms with Gasteiger partial charge in [0.25, 0.3) is 0 Å². The quantitative estimate of drug-likeness (QED) is 0.438. The first-order valence-electron chi connectivity index (χ1n) is 11.2. The van der Waals surface area contributed by atoms with Gasteiger partial charge in [-0.25, -0.2) is 0 Å². The molecule has 168 valence electrons. The number of alkyl halides is 3. The van der Waals surface area contributed by atoms with Crippen molar-refractivity contribution in [3.05, 3.63) is 72.1 Å². The minimum atomic E-state index is -4.36. The van der Waals surface area contributed by atoms with Crippen LogP contribution in [-0.2, 0) is 12.6 Å².